The van der Waals surface area contributed by atoms with Gasteiger partial charge in [-0.25, -0.2) is 14.4 Å². The lowest BCUT2D eigenvalue weighted by molar-refractivity contribution is -0.136. The fourth-order valence-electron chi connectivity index (χ4n) is 1.72. The van der Waals surface area contributed by atoms with Crippen LogP contribution >= 0.6 is 0 Å². The number of halogens is 1. The molecule has 1 heterocycles. The molecule has 2 aromatic rings. The molecule has 0 atom stereocenters. The molecule has 0 aliphatic heterocycles. The van der Waals surface area contributed by atoms with Crippen molar-refractivity contribution >= 4 is 5.97 Å². The van der Waals surface area contributed by atoms with Crippen molar-refractivity contribution in [3.63, 3.8) is 0 Å². The van der Waals surface area contributed by atoms with Crippen LogP contribution in [0.2, 0.25) is 0 Å². The SMILES string of the molecule is COc1ccc(-c2ncncc2CC(=O)O)cc1F. The van der Waals surface area contributed by atoms with Gasteiger partial charge in [-0.2, -0.15) is 0 Å². The van der Waals surface area contributed by atoms with Crippen molar-refractivity contribution in [2.75, 3.05) is 7.11 Å². The van der Waals surface area contributed by atoms with Crippen molar-refractivity contribution in [2.45, 2.75) is 6.42 Å². The molecule has 0 radical (unpaired) electrons. The lowest BCUT2D eigenvalue weighted by atomic mass is 10.0. The van der Waals surface area contributed by atoms with Crippen LogP contribution in [0.25, 0.3) is 11.3 Å². The van der Waals surface area contributed by atoms with Crippen LogP contribution in [0.1, 0.15) is 5.56 Å². The number of methoxy groups -OCH3 is 1. The van der Waals surface area contributed by atoms with Gasteiger partial charge in [-0.15, -0.1) is 0 Å². The van der Waals surface area contributed by atoms with Crippen LogP contribution < -0.4 is 4.74 Å². The van der Waals surface area contributed by atoms with Crippen LogP contribution in [0.4, 0.5) is 4.39 Å². The lowest BCUT2D eigenvalue weighted by Gasteiger charge is -2.08. The van der Waals surface area contributed by atoms with E-state index in [0.717, 1.165) is 0 Å². The predicted molar refractivity (Wildman–Crippen MR) is 65.3 cm³/mol. The van der Waals surface area contributed by atoms with Gasteiger partial charge >= 0.3 is 5.97 Å². The largest absolute Gasteiger partial charge is 0.494 e. The van der Waals surface area contributed by atoms with E-state index >= 15 is 0 Å². The molecule has 0 bridgehead atoms. The second-order valence-electron chi connectivity index (χ2n) is 3.82. The Hall–Kier alpha value is -2.50. The Morgan fingerprint density at radius 1 is 1.47 bits per heavy atom. The van der Waals surface area contributed by atoms with E-state index < -0.39 is 11.8 Å². The molecule has 0 fully saturated rings. The minimum atomic E-state index is -0.995. The van der Waals surface area contributed by atoms with Gasteiger partial charge in [0.15, 0.2) is 11.6 Å². The first-order chi connectivity index (χ1) is 9.11. The maximum absolute atomic E-state index is 13.6. The van der Waals surface area contributed by atoms with Gasteiger partial charge in [-0.05, 0) is 18.2 Å². The van der Waals surface area contributed by atoms with E-state index in [2.05, 4.69) is 9.97 Å². The van der Waals surface area contributed by atoms with E-state index in [4.69, 9.17) is 9.84 Å². The molecule has 0 spiro atoms. The summed E-state index contributed by atoms with van der Waals surface area (Å²) < 4.78 is 18.5. The molecule has 0 saturated carbocycles. The monoisotopic (exact) mass is 262 g/mol. The maximum Gasteiger partial charge on any atom is 0.307 e. The van der Waals surface area contributed by atoms with Crippen LogP contribution in [-0.2, 0) is 11.2 Å². The third kappa shape index (κ3) is 2.85. The first-order valence-corrected chi connectivity index (χ1v) is 5.46. The molecule has 2 rings (SSSR count). The molecule has 0 saturated heterocycles. The maximum atomic E-state index is 13.6. The van der Waals surface area contributed by atoms with Crippen LogP contribution in [0.3, 0.4) is 0 Å². The van der Waals surface area contributed by atoms with Crippen LogP contribution in [-0.4, -0.2) is 28.2 Å². The number of ether oxygens (including phenoxy) is 1. The molecule has 1 aromatic heterocycles. The van der Waals surface area contributed by atoms with Crippen molar-refractivity contribution in [3.8, 4) is 17.0 Å². The van der Waals surface area contributed by atoms with Crippen molar-refractivity contribution in [1.29, 1.82) is 0 Å². The van der Waals surface area contributed by atoms with Crippen molar-refractivity contribution in [2.24, 2.45) is 0 Å². The van der Waals surface area contributed by atoms with E-state index in [1.165, 1.54) is 31.8 Å². The molecule has 0 aliphatic rings. The Kier molecular flexibility index (Phi) is 3.70. The third-order valence-corrected chi connectivity index (χ3v) is 2.55. The number of rotatable bonds is 4. The lowest BCUT2D eigenvalue weighted by Crippen LogP contribution is -2.04. The number of nitrogens with zero attached hydrogens (tertiary/aromatic N) is 2. The number of carbonyl (C=O) groups is 1. The summed E-state index contributed by atoms with van der Waals surface area (Å²) in [4.78, 5) is 18.6. The minimum absolute atomic E-state index is 0.123. The average Bonchev–Trinajstić information content (AvgIpc) is 2.38. The molecule has 19 heavy (non-hydrogen) atoms. The number of aliphatic carboxylic acids is 1. The van der Waals surface area contributed by atoms with Gasteiger partial charge in [0.2, 0.25) is 0 Å². The van der Waals surface area contributed by atoms with Crippen molar-refractivity contribution < 1.29 is 19.0 Å². The second kappa shape index (κ2) is 5.43. The standard InChI is InChI=1S/C13H11FN2O3/c1-19-11-3-2-8(4-10(11)14)13-9(5-12(17)18)6-15-7-16-13/h2-4,6-7H,5H2,1H3,(H,17,18). The molecular weight excluding hydrogens is 251 g/mol. The molecule has 6 heteroatoms. The van der Waals surface area contributed by atoms with Crippen LogP contribution in [0, 0.1) is 5.82 Å². The first kappa shape index (κ1) is 12.9. The molecule has 1 aromatic carbocycles. The van der Waals surface area contributed by atoms with Crippen LogP contribution in [0.5, 0.6) is 5.75 Å². The van der Waals surface area contributed by atoms with Gasteiger partial charge in [-0.1, -0.05) is 0 Å². The first-order valence-electron chi connectivity index (χ1n) is 5.46. The van der Waals surface area contributed by atoms with E-state index in [1.54, 1.807) is 6.07 Å². The van der Waals surface area contributed by atoms with E-state index in [1.807, 2.05) is 0 Å². The Labute approximate surface area is 108 Å². The predicted octanol–water partition coefficient (Wildman–Crippen LogP) is 1.92. The molecular formula is C13H11FN2O3. The summed E-state index contributed by atoms with van der Waals surface area (Å²) >= 11 is 0. The fourth-order valence-corrected chi connectivity index (χ4v) is 1.72. The zero-order chi connectivity index (χ0) is 13.8. The van der Waals surface area contributed by atoms with Gasteiger partial charge in [0.25, 0.3) is 0 Å². The van der Waals surface area contributed by atoms with Gasteiger partial charge in [-0.3, -0.25) is 4.79 Å². The smallest absolute Gasteiger partial charge is 0.307 e. The normalized spacial score (nSPS) is 10.2. The second-order valence-corrected chi connectivity index (χ2v) is 3.82. The summed E-state index contributed by atoms with van der Waals surface area (Å²) in [6, 6.07) is 4.35. The fraction of sp³-hybridized carbons (Fsp3) is 0.154. The summed E-state index contributed by atoms with van der Waals surface area (Å²) in [5, 5.41) is 8.83. The summed E-state index contributed by atoms with van der Waals surface area (Å²) in [5.74, 6) is -1.40. The van der Waals surface area contributed by atoms with Gasteiger partial charge in [0.1, 0.15) is 6.33 Å². The number of carboxylic acid groups (broad SMARTS) is 1. The van der Waals surface area contributed by atoms with Crippen LogP contribution in [0.15, 0.2) is 30.7 Å². The van der Waals surface area contributed by atoms with E-state index in [0.29, 0.717) is 16.8 Å². The highest BCUT2D eigenvalue weighted by Gasteiger charge is 2.12. The number of hydrogen-bond donors (Lipinski definition) is 1. The third-order valence-electron chi connectivity index (χ3n) is 2.55. The average molecular weight is 262 g/mol. The molecule has 0 aliphatic carbocycles. The van der Waals surface area contributed by atoms with Crippen molar-refractivity contribution in [3.05, 3.63) is 42.1 Å². The zero-order valence-corrected chi connectivity index (χ0v) is 10.1. The molecule has 1 N–H and O–H groups in total. The highest BCUT2D eigenvalue weighted by molar-refractivity contribution is 5.74. The Morgan fingerprint density at radius 3 is 2.89 bits per heavy atom. The molecule has 0 amide bonds. The van der Waals surface area contributed by atoms with E-state index in [9.17, 15) is 9.18 Å². The molecule has 98 valence electrons. The summed E-state index contributed by atoms with van der Waals surface area (Å²) in [6.07, 6.45) is 2.49. The van der Waals surface area contributed by atoms with Crippen molar-refractivity contribution in [1.82, 2.24) is 9.97 Å². The van der Waals surface area contributed by atoms with Gasteiger partial charge < -0.3 is 9.84 Å². The quantitative estimate of drug-likeness (QED) is 0.911. The summed E-state index contributed by atoms with van der Waals surface area (Å²) in [6.45, 7) is 0. The Bertz CT molecular complexity index is 617. The summed E-state index contributed by atoms with van der Waals surface area (Å²) in [7, 11) is 1.37. The minimum Gasteiger partial charge on any atom is -0.494 e. The molecule has 0 unspecified atom stereocenters. The topological polar surface area (TPSA) is 72.3 Å². The molecule has 5 nitrogen and oxygen atoms in total. The number of carboxylic acids is 1. The number of benzene rings is 1. The Balaban J connectivity index is 2.46. The van der Waals surface area contributed by atoms with Gasteiger partial charge in [0.05, 0.1) is 19.2 Å². The highest BCUT2D eigenvalue weighted by Crippen LogP contribution is 2.26. The number of hydrogen-bond acceptors (Lipinski definition) is 4. The number of aromatic nitrogens is 2. The Morgan fingerprint density at radius 2 is 2.26 bits per heavy atom. The highest BCUT2D eigenvalue weighted by atomic mass is 19.1. The van der Waals surface area contributed by atoms with E-state index in [-0.39, 0.29) is 12.2 Å². The summed E-state index contributed by atoms with van der Waals surface area (Å²) in [5.41, 5.74) is 1.32. The zero-order valence-electron chi connectivity index (χ0n) is 10.1. The van der Waals surface area contributed by atoms with Gasteiger partial charge in [0, 0.05) is 17.3 Å².